The van der Waals surface area contributed by atoms with Crippen LogP contribution in [-0.4, -0.2) is 131 Å². The molecule has 364 valence electrons. The molecule has 3 N–H and O–H groups in total. The quantitative estimate of drug-likeness (QED) is 0.162. The molecule has 3 aliphatic heterocycles. The van der Waals surface area contributed by atoms with E-state index in [1.165, 1.54) is 0 Å². The summed E-state index contributed by atoms with van der Waals surface area (Å²) in [6.07, 6.45) is -0.0611. The van der Waals surface area contributed by atoms with Gasteiger partial charge in [-0.15, -0.1) is 0 Å². The van der Waals surface area contributed by atoms with Gasteiger partial charge in [-0.3, -0.25) is 14.4 Å². The number of aliphatic hydroxyl groups is 1. The van der Waals surface area contributed by atoms with Gasteiger partial charge in [-0.05, 0) is 79.1 Å². The highest BCUT2D eigenvalue weighted by atomic mass is 16.7. The van der Waals surface area contributed by atoms with E-state index in [2.05, 4.69) is 20.6 Å². The monoisotopic (exact) mass is 922 g/mol. The number of nitrogens with one attached hydrogen (secondary N) is 2. The molecule has 0 bridgehead atoms. The van der Waals surface area contributed by atoms with Crippen LogP contribution in [0.3, 0.4) is 0 Å². The Morgan fingerprint density at radius 2 is 1.70 bits per heavy atom. The molecule has 3 aliphatic rings. The summed E-state index contributed by atoms with van der Waals surface area (Å²) in [4.78, 5) is 80.5. The number of fused-ring (bicyclic) bond motifs is 1. The van der Waals surface area contributed by atoms with Crippen molar-refractivity contribution in [2.75, 3.05) is 20.6 Å². The van der Waals surface area contributed by atoms with Crippen molar-refractivity contribution in [3.05, 3.63) is 54.4 Å². The zero-order chi connectivity index (χ0) is 48.7. The zero-order valence-corrected chi connectivity index (χ0v) is 40.5. The van der Waals surface area contributed by atoms with Crippen molar-refractivity contribution in [1.29, 1.82) is 0 Å². The number of nitrogens with zero attached hydrogens (tertiary/aromatic N) is 3. The van der Waals surface area contributed by atoms with E-state index in [1.54, 1.807) is 79.9 Å². The maximum Gasteiger partial charge on any atom is 0.408 e. The largest absolute Gasteiger partial charge is 0.461 e. The second-order valence-electron chi connectivity index (χ2n) is 19.0. The summed E-state index contributed by atoms with van der Waals surface area (Å²) in [5, 5.41) is 17.4. The van der Waals surface area contributed by atoms with E-state index >= 15 is 0 Å². The van der Waals surface area contributed by atoms with Gasteiger partial charge in [0.25, 0.3) is 0 Å². The van der Waals surface area contributed by atoms with Crippen molar-refractivity contribution in [1.82, 2.24) is 25.5 Å². The van der Waals surface area contributed by atoms with Crippen molar-refractivity contribution in [2.24, 2.45) is 29.6 Å². The molecule has 1 aromatic heterocycles. The molecule has 3 saturated heterocycles. The summed E-state index contributed by atoms with van der Waals surface area (Å²) in [5.74, 6) is -5.44. The highest BCUT2D eigenvalue weighted by Gasteiger charge is 2.58. The first-order chi connectivity index (χ1) is 31.1. The van der Waals surface area contributed by atoms with Gasteiger partial charge < -0.3 is 49.1 Å². The number of carbonyl (C=O) groups is 5. The third-order valence-corrected chi connectivity index (χ3v) is 13.6. The molecule has 3 fully saturated rings. The van der Waals surface area contributed by atoms with E-state index in [1.807, 2.05) is 63.2 Å². The van der Waals surface area contributed by atoms with E-state index < -0.39 is 108 Å². The number of hydrogen-bond donors (Lipinski definition) is 3. The lowest BCUT2D eigenvalue weighted by molar-refractivity contribution is -0.298. The van der Waals surface area contributed by atoms with E-state index in [9.17, 15) is 29.1 Å². The van der Waals surface area contributed by atoms with E-state index in [0.29, 0.717) is 18.7 Å². The average molecular weight is 922 g/mol. The topological polar surface area (TPSA) is 214 Å². The summed E-state index contributed by atoms with van der Waals surface area (Å²) in [7, 11) is 3.68. The molecule has 0 saturated carbocycles. The summed E-state index contributed by atoms with van der Waals surface area (Å²) >= 11 is 0. The molecular formula is C49H71N5O12. The Labute approximate surface area is 389 Å². The molecule has 5 rings (SSSR count). The van der Waals surface area contributed by atoms with E-state index in [0.717, 1.165) is 11.1 Å². The summed E-state index contributed by atoms with van der Waals surface area (Å²) < 4.78 is 37.9. The third kappa shape index (κ3) is 11.9. The Hall–Kier alpha value is -4.97. The predicted molar refractivity (Wildman–Crippen MR) is 244 cm³/mol. The normalized spacial score (nSPS) is 34.9. The van der Waals surface area contributed by atoms with Gasteiger partial charge in [-0.1, -0.05) is 78.0 Å². The summed E-state index contributed by atoms with van der Waals surface area (Å²) in [5.41, 5.74) is -1.49. The van der Waals surface area contributed by atoms with Gasteiger partial charge in [0.2, 0.25) is 0 Å². The first-order valence-corrected chi connectivity index (χ1v) is 23.2. The molecule has 0 aliphatic carbocycles. The number of ketones is 1. The van der Waals surface area contributed by atoms with Crippen LogP contribution in [0.15, 0.2) is 48.8 Å². The maximum atomic E-state index is 14.7. The number of ether oxygens (including phenoxy) is 6. The van der Waals surface area contributed by atoms with Gasteiger partial charge in [-0.2, -0.15) is 0 Å². The number of cyclic esters (lactones) is 1. The number of hydrogen-bond acceptors (Lipinski definition) is 15. The minimum Gasteiger partial charge on any atom is -0.461 e. The van der Waals surface area contributed by atoms with E-state index in [4.69, 9.17) is 28.4 Å². The minimum atomic E-state index is -1.74. The molecule has 15 atom stereocenters. The Morgan fingerprint density at radius 1 is 1.03 bits per heavy atom. The van der Waals surface area contributed by atoms with Crippen molar-refractivity contribution in [3.63, 3.8) is 0 Å². The molecule has 66 heavy (non-hydrogen) atoms. The lowest BCUT2D eigenvalue weighted by Crippen LogP contribution is -2.61. The van der Waals surface area contributed by atoms with Crippen LogP contribution in [0, 0.1) is 29.6 Å². The number of Topliss-reactive ketones (excluding diaryl/α,β-unsaturated/α-hetero) is 1. The second kappa shape index (κ2) is 22.2. The third-order valence-electron chi connectivity index (χ3n) is 13.6. The first-order valence-electron chi connectivity index (χ1n) is 23.2. The Bertz CT molecular complexity index is 2020. The van der Waals surface area contributed by atoms with Crippen molar-refractivity contribution in [2.45, 2.75) is 155 Å². The van der Waals surface area contributed by atoms with E-state index in [-0.39, 0.29) is 31.3 Å². The number of likely N-dealkylation sites (N-methyl/N-ethyl adjacent to an activating group) is 1. The number of amides is 2. The lowest BCUT2D eigenvalue weighted by Gasteiger charge is -2.48. The van der Waals surface area contributed by atoms with Crippen LogP contribution in [0.5, 0.6) is 0 Å². The molecule has 17 nitrogen and oxygen atoms in total. The van der Waals surface area contributed by atoms with Crippen molar-refractivity contribution < 1.29 is 57.5 Å². The molecular weight excluding hydrogens is 851 g/mol. The van der Waals surface area contributed by atoms with Crippen molar-refractivity contribution in [3.8, 4) is 11.4 Å². The number of aliphatic hydroxyl groups excluding tert-OH is 1. The molecule has 0 spiro atoms. The van der Waals surface area contributed by atoms with Crippen molar-refractivity contribution >= 4 is 36.0 Å². The molecule has 2 aromatic rings. The fourth-order valence-electron chi connectivity index (χ4n) is 9.63. The van der Waals surface area contributed by atoms with Gasteiger partial charge in [0.1, 0.15) is 35.8 Å². The zero-order valence-electron chi connectivity index (χ0n) is 40.5. The molecule has 2 amide bonds. The highest BCUT2D eigenvalue weighted by molar-refractivity contribution is 5.85. The van der Waals surface area contributed by atoms with Crippen LogP contribution in [0.1, 0.15) is 100 Å². The molecule has 0 radical (unpaired) electrons. The highest BCUT2D eigenvalue weighted by Crippen LogP contribution is 2.42. The molecule has 17 heteroatoms. The number of esters is 2. The number of aromatic nitrogens is 2. The Kier molecular flexibility index (Phi) is 17.5. The smallest absolute Gasteiger partial charge is 0.408 e. The number of carbonyl (C=O) groups excluding carboxylic acids is 5. The fourth-order valence-corrected chi connectivity index (χ4v) is 9.63. The van der Waals surface area contributed by atoms with Crippen LogP contribution >= 0.6 is 0 Å². The van der Waals surface area contributed by atoms with Crippen LogP contribution in [0.2, 0.25) is 0 Å². The fraction of sp³-hybridized carbons (Fsp3) is 0.653. The lowest BCUT2D eigenvalue weighted by atomic mass is 9.73. The Morgan fingerprint density at radius 3 is 2.32 bits per heavy atom. The number of alkyl carbamates (subject to hydrolysis) is 2. The Balaban J connectivity index is 1.57. The van der Waals surface area contributed by atoms with Gasteiger partial charge in [-0.25, -0.2) is 19.6 Å². The van der Waals surface area contributed by atoms with Crippen LogP contribution in [-0.2, 0) is 42.8 Å². The first kappa shape index (κ1) is 52.0. The SMILES string of the molecule is CC[C@H](C)C(=O)O[C@H]1[C@H](C)[C@@H](O[C@@H]2O[C@H](C)C[C@H](N(C)C)[C@H]2O)[C@](C)(OC(=O)NCC=Cc2ccc(-c3ncccn3)cc2)C[C@@H](C)C(=O)[C@H](C)[C@H]2NC(=O)O[C@]2(C)[C@@H](CC)OC(=O)[C@@H]1C. The summed E-state index contributed by atoms with van der Waals surface area (Å²) in [6.45, 7) is 17.2. The standard InChI is InChI=1S/C49H71N5O12/c1-13-27(3)43(57)63-39-31(7)41(64-45-38(56)35(54(11)12)25-29(5)61-45)48(9,65-46(59)52-22-15-17-33-18-20-34(21-19-33)42-50-23-16-24-51-42)26-28(4)37(55)30(6)40-49(10,66-47(60)53-40)36(14-2)62-44(58)32(39)8/h15-21,23-24,27-32,35-36,38-41,45,56H,13-14,22,25-26H2,1-12H3,(H,52,59)(H,53,60)/t27-,28+,29+,30-,31-,32+,35-,36+,38+,39-,40+,41+,45-,48+,49+/m0/s1. The second-order valence-corrected chi connectivity index (χ2v) is 19.0. The molecule has 4 heterocycles. The van der Waals surface area contributed by atoms with Crippen LogP contribution in [0.25, 0.3) is 17.5 Å². The predicted octanol–water partition coefficient (Wildman–Crippen LogP) is 6.12. The van der Waals surface area contributed by atoms with Gasteiger partial charge in [0.05, 0.1) is 24.0 Å². The van der Waals surface area contributed by atoms with Gasteiger partial charge in [0.15, 0.2) is 17.7 Å². The minimum absolute atomic E-state index is 0.0497. The average Bonchev–Trinajstić information content (AvgIpc) is 3.61. The van der Waals surface area contributed by atoms with Crippen LogP contribution in [0.4, 0.5) is 9.59 Å². The number of rotatable bonds is 12. The molecule has 1 aromatic carbocycles. The number of benzene rings is 1. The maximum absolute atomic E-state index is 14.7. The van der Waals surface area contributed by atoms with Crippen LogP contribution < -0.4 is 10.6 Å². The van der Waals surface area contributed by atoms with Gasteiger partial charge >= 0.3 is 24.1 Å². The van der Waals surface area contributed by atoms with Gasteiger partial charge in [0, 0.05) is 48.3 Å². The summed E-state index contributed by atoms with van der Waals surface area (Å²) in [6, 6.07) is 8.04. The molecule has 0 unspecified atom stereocenters.